The standard InChI is InChI=1S/C22H21FN4O2/c1-14-13-29-9-8-27(14)21(28)19-5-3-2-4-17(19)15-6-7-18(20(23)10-15)16-11-25-22(24)26-12-16/h2-7,10-12,14H,8-9,13H2,1H3,(H2,24,25,26)/t14-/m1/s1. The summed E-state index contributed by atoms with van der Waals surface area (Å²) < 4.78 is 20.3. The smallest absolute Gasteiger partial charge is 0.254 e. The van der Waals surface area contributed by atoms with E-state index in [2.05, 4.69) is 9.97 Å². The van der Waals surface area contributed by atoms with Crippen molar-refractivity contribution in [1.29, 1.82) is 0 Å². The van der Waals surface area contributed by atoms with Crippen LogP contribution in [0.2, 0.25) is 0 Å². The van der Waals surface area contributed by atoms with Crippen LogP contribution in [0.5, 0.6) is 0 Å². The third-order valence-electron chi connectivity index (χ3n) is 5.05. The van der Waals surface area contributed by atoms with Gasteiger partial charge in [0.15, 0.2) is 0 Å². The Balaban J connectivity index is 1.70. The zero-order valence-corrected chi connectivity index (χ0v) is 16.0. The molecule has 1 aromatic heterocycles. The monoisotopic (exact) mass is 392 g/mol. The van der Waals surface area contributed by atoms with Crippen molar-refractivity contribution in [2.45, 2.75) is 13.0 Å². The molecule has 0 saturated carbocycles. The number of nitrogen functional groups attached to an aromatic ring is 1. The van der Waals surface area contributed by atoms with Crippen LogP contribution in [0, 0.1) is 5.82 Å². The number of halogens is 1. The number of hydrogen-bond acceptors (Lipinski definition) is 5. The summed E-state index contributed by atoms with van der Waals surface area (Å²) >= 11 is 0. The normalized spacial score (nSPS) is 16.6. The maximum Gasteiger partial charge on any atom is 0.254 e. The molecule has 1 amide bonds. The lowest BCUT2D eigenvalue weighted by atomic mass is 9.96. The highest BCUT2D eigenvalue weighted by atomic mass is 19.1. The number of rotatable bonds is 3. The Bertz CT molecular complexity index is 1040. The van der Waals surface area contributed by atoms with Crippen LogP contribution in [-0.4, -0.2) is 46.6 Å². The molecule has 148 valence electrons. The highest BCUT2D eigenvalue weighted by Crippen LogP contribution is 2.30. The molecule has 1 aliphatic rings. The quantitative estimate of drug-likeness (QED) is 0.739. The lowest BCUT2D eigenvalue weighted by molar-refractivity contribution is 0.00364. The van der Waals surface area contributed by atoms with Crippen LogP contribution in [-0.2, 0) is 4.74 Å². The molecule has 0 aliphatic carbocycles. The highest BCUT2D eigenvalue weighted by molar-refractivity contribution is 6.01. The summed E-state index contributed by atoms with van der Waals surface area (Å²) in [5.74, 6) is -0.360. The zero-order chi connectivity index (χ0) is 20.4. The average molecular weight is 392 g/mol. The van der Waals surface area contributed by atoms with Crippen LogP contribution >= 0.6 is 0 Å². The van der Waals surface area contributed by atoms with Crippen molar-refractivity contribution in [2.24, 2.45) is 0 Å². The first-order valence-electron chi connectivity index (χ1n) is 9.40. The van der Waals surface area contributed by atoms with E-state index in [1.807, 2.05) is 25.1 Å². The molecule has 2 aromatic carbocycles. The second kappa shape index (κ2) is 7.97. The van der Waals surface area contributed by atoms with Gasteiger partial charge in [0.2, 0.25) is 5.95 Å². The van der Waals surface area contributed by atoms with Crippen LogP contribution < -0.4 is 5.73 Å². The predicted molar refractivity (Wildman–Crippen MR) is 109 cm³/mol. The van der Waals surface area contributed by atoms with Gasteiger partial charge in [-0.1, -0.05) is 30.3 Å². The van der Waals surface area contributed by atoms with E-state index in [1.54, 1.807) is 23.1 Å². The minimum atomic E-state index is -0.419. The Hall–Kier alpha value is -3.32. The van der Waals surface area contributed by atoms with Gasteiger partial charge in [0.1, 0.15) is 5.82 Å². The molecule has 1 aliphatic heterocycles. The molecule has 2 heterocycles. The maximum atomic E-state index is 14.9. The Morgan fingerprint density at radius 2 is 1.90 bits per heavy atom. The third-order valence-corrected chi connectivity index (χ3v) is 5.05. The van der Waals surface area contributed by atoms with E-state index in [1.165, 1.54) is 18.5 Å². The molecule has 2 N–H and O–H groups in total. The summed E-state index contributed by atoms with van der Waals surface area (Å²) in [4.78, 5) is 22.8. The second-order valence-corrected chi connectivity index (χ2v) is 6.99. The fourth-order valence-corrected chi connectivity index (χ4v) is 3.50. The van der Waals surface area contributed by atoms with Crippen LogP contribution in [0.1, 0.15) is 17.3 Å². The fraction of sp³-hybridized carbons (Fsp3) is 0.227. The minimum Gasteiger partial charge on any atom is -0.377 e. The van der Waals surface area contributed by atoms with Gasteiger partial charge in [0, 0.05) is 35.6 Å². The molecule has 29 heavy (non-hydrogen) atoms. The summed E-state index contributed by atoms with van der Waals surface area (Å²) in [6.45, 7) is 3.54. The van der Waals surface area contributed by atoms with E-state index in [0.29, 0.717) is 47.6 Å². The van der Waals surface area contributed by atoms with Crippen LogP contribution in [0.25, 0.3) is 22.3 Å². The van der Waals surface area contributed by atoms with Gasteiger partial charge in [0.05, 0.1) is 19.3 Å². The lowest BCUT2D eigenvalue weighted by Gasteiger charge is -2.33. The number of morpholine rings is 1. The third kappa shape index (κ3) is 3.82. The van der Waals surface area contributed by atoms with E-state index in [4.69, 9.17) is 10.5 Å². The van der Waals surface area contributed by atoms with Gasteiger partial charge < -0.3 is 15.4 Å². The van der Waals surface area contributed by atoms with Gasteiger partial charge in [-0.2, -0.15) is 0 Å². The van der Waals surface area contributed by atoms with Gasteiger partial charge in [0.25, 0.3) is 5.91 Å². The van der Waals surface area contributed by atoms with E-state index < -0.39 is 5.82 Å². The first-order chi connectivity index (χ1) is 14.0. The van der Waals surface area contributed by atoms with Crippen molar-refractivity contribution in [3.63, 3.8) is 0 Å². The highest BCUT2D eigenvalue weighted by Gasteiger charge is 2.26. The molecular formula is C22H21FN4O2. The molecular weight excluding hydrogens is 371 g/mol. The number of nitrogens with zero attached hydrogens (tertiary/aromatic N) is 3. The molecule has 0 unspecified atom stereocenters. The topological polar surface area (TPSA) is 81.3 Å². The number of hydrogen-bond donors (Lipinski definition) is 1. The van der Waals surface area contributed by atoms with E-state index in [0.717, 1.165) is 0 Å². The molecule has 0 radical (unpaired) electrons. The van der Waals surface area contributed by atoms with Crippen molar-refractivity contribution in [2.75, 3.05) is 25.5 Å². The molecule has 6 nitrogen and oxygen atoms in total. The molecule has 0 bridgehead atoms. The SMILES string of the molecule is C[C@@H]1COCCN1C(=O)c1ccccc1-c1ccc(-c2cnc(N)nc2)c(F)c1. The number of anilines is 1. The first-order valence-corrected chi connectivity index (χ1v) is 9.40. The fourth-order valence-electron chi connectivity index (χ4n) is 3.50. The molecule has 4 rings (SSSR count). The summed E-state index contributed by atoms with van der Waals surface area (Å²) in [5.41, 5.74) is 8.28. The van der Waals surface area contributed by atoms with E-state index >= 15 is 0 Å². The summed E-state index contributed by atoms with van der Waals surface area (Å²) in [6.07, 6.45) is 2.97. The number of carbonyl (C=O) groups is 1. The Labute approximate surface area is 168 Å². The van der Waals surface area contributed by atoms with Gasteiger partial charge in [-0.15, -0.1) is 0 Å². The number of nitrogens with two attached hydrogens (primary N) is 1. The number of benzene rings is 2. The molecule has 0 spiro atoms. The summed E-state index contributed by atoms with van der Waals surface area (Å²) in [6, 6.07) is 12.2. The molecule has 1 saturated heterocycles. The van der Waals surface area contributed by atoms with Gasteiger partial charge in [-0.3, -0.25) is 4.79 Å². The van der Waals surface area contributed by atoms with Crippen LogP contribution in [0.15, 0.2) is 54.9 Å². The van der Waals surface area contributed by atoms with Crippen molar-refractivity contribution >= 4 is 11.9 Å². The lowest BCUT2D eigenvalue weighted by Crippen LogP contribution is -2.47. The van der Waals surface area contributed by atoms with Crippen molar-refractivity contribution in [1.82, 2.24) is 14.9 Å². The number of ether oxygens (including phenoxy) is 1. The van der Waals surface area contributed by atoms with Crippen molar-refractivity contribution in [3.05, 3.63) is 66.2 Å². The summed E-state index contributed by atoms with van der Waals surface area (Å²) in [5, 5.41) is 0. The van der Waals surface area contributed by atoms with E-state index in [9.17, 15) is 9.18 Å². The van der Waals surface area contributed by atoms with Crippen molar-refractivity contribution in [3.8, 4) is 22.3 Å². The van der Waals surface area contributed by atoms with Crippen LogP contribution in [0.3, 0.4) is 0 Å². The van der Waals surface area contributed by atoms with Gasteiger partial charge in [-0.25, -0.2) is 14.4 Å². The minimum absolute atomic E-state index is 0.00562. The Morgan fingerprint density at radius 3 is 2.62 bits per heavy atom. The number of aromatic nitrogens is 2. The Morgan fingerprint density at radius 1 is 1.14 bits per heavy atom. The number of carbonyl (C=O) groups excluding carboxylic acids is 1. The number of amides is 1. The largest absolute Gasteiger partial charge is 0.377 e. The van der Waals surface area contributed by atoms with E-state index in [-0.39, 0.29) is 17.9 Å². The van der Waals surface area contributed by atoms with Crippen LogP contribution in [0.4, 0.5) is 10.3 Å². The first kappa shape index (κ1) is 19.0. The molecule has 1 fully saturated rings. The van der Waals surface area contributed by atoms with Gasteiger partial charge in [-0.05, 0) is 30.2 Å². The maximum absolute atomic E-state index is 14.9. The Kier molecular flexibility index (Phi) is 5.22. The second-order valence-electron chi connectivity index (χ2n) is 6.99. The zero-order valence-electron chi connectivity index (χ0n) is 16.0. The summed E-state index contributed by atoms with van der Waals surface area (Å²) in [7, 11) is 0. The average Bonchev–Trinajstić information content (AvgIpc) is 2.74. The predicted octanol–water partition coefficient (Wildman–Crippen LogP) is 3.39. The molecule has 1 atom stereocenters. The molecule has 7 heteroatoms. The molecule has 3 aromatic rings. The van der Waals surface area contributed by atoms with Gasteiger partial charge >= 0.3 is 0 Å². The van der Waals surface area contributed by atoms with Crippen molar-refractivity contribution < 1.29 is 13.9 Å².